The number of piperidine rings is 2. The van der Waals surface area contributed by atoms with Gasteiger partial charge < -0.3 is 18.9 Å². The van der Waals surface area contributed by atoms with Crippen LogP contribution >= 0.6 is 0 Å². The van der Waals surface area contributed by atoms with Gasteiger partial charge in [0.2, 0.25) is 5.95 Å². The van der Waals surface area contributed by atoms with Crippen LogP contribution in [-0.2, 0) is 11.3 Å². The molecule has 3 fully saturated rings. The molecular formula is C37H42N8O3. The van der Waals surface area contributed by atoms with E-state index in [0.29, 0.717) is 52.3 Å². The molecule has 1 aromatic carbocycles. The standard InChI is InChI=1S/C37H42N8O3/c1-25-19-26-20-30(40-25)34-31(22-38)39-12-7-33(34)48-18-4-2-3-13-45-32-21-27(5-6-29(32)41-36(45)42-35(26)46)43-14-8-37(9-15-43)10-16-44(17-11-37)28-23-47-24-28/h5-7,12,19-21,28H,2-4,8-11,13-18,23-24H2,1H3,(H,41,42,46). The quantitative estimate of drug-likeness (QED) is 0.298. The van der Waals surface area contributed by atoms with Crippen LogP contribution < -0.4 is 15.0 Å². The molecule has 11 nitrogen and oxygen atoms in total. The molecule has 0 aliphatic carbocycles. The number of benzene rings is 1. The molecule has 3 aromatic heterocycles. The molecule has 0 unspecified atom stereocenters. The van der Waals surface area contributed by atoms with Gasteiger partial charge in [0.25, 0.3) is 5.91 Å². The van der Waals surface area contributed by atoms with Crippen molar-refractivity contribution in [2.24, 2.45) is 5.41 Å². The zero-order chi connectivity index (χ0) is 32.7. The molecule has 1 amide bonds. The van der Waals surface area contributed by atoms with E-state index in [9.17, 15) is 10.1 Å². The Hall–Kier alpha value is -4.53. The predicted molar refractivity (Wildman–Crippen MR) is 183 cm³/mol. The van der Waals surface area contributed by atoms with E-state index in [4.69, 9.17) is 14.5 Å². The van der Waals surface area contributed by atoms with E-state index in [1.807, 2.05) is 6.92 Å². The molecule has 1 spiro atoms. The van der Waals surface area contributed by atoms with Crippen LogP contribution in [-0.4, -0.2) is 82.4 Å². The van der Waals surface area contributed by atoms with Crippen molar-refractivity contribution in [1.82, 2.24) is 24.4 Å². The lowest BCUT2D eigenvalue weighted by Gasteiger charge is -2.50. The topological polar surface area (TPSA) is 121 Å². The molecule has 2 bridgehead atoms. The van der Waals surface area contributed by atoms with Crippen LogP contribution in [0.5, 0.6) is 5.75 Å². The highest BCUT2D eigenvalue weighted by Gasteiger charge is 2.40. The number of pyridine rings is 2. The van der Waals surface area contributed by atoms with E-state index in [-0.39, 0.29) is 11.6 Å². The number of nitriles is 1. The van der Waals surface area contributed by atoms with Gasteiger partial charge in [-0.05, 0) is 107 Å². The van der Waals surface area contributed by atoms with Crippen molar-refractivity contribution in [3.63, 3.8) is 0 Å². The van der Waals surface area contributed by atoms with Gasteiger partial charge in [-0.3, -0.25) is 20.0 Å². The Morgan fingerprint density at radius 3 is 2.54 bits per heavy atom. The number of aromatic nitrogens is 4. The average molecular weight is 647 g/mol. The van der Waals surface area contributed by atoms with Gasteiger partial charge in [0.05, 0.1) is 48.2 Å². The molecule has 0 saturated carbocycles. The van der Waals surface area contributed by atoms with Crippen molar-refractivity contribution in [1.29, 1.82) is 5.26 Å². The maximum absolute atomic E-state index is 13.8. The number of nitrogens with one attached hydrogen (secondary N) is 1. The molecule has 11 heteroatoms. The Labute approximate surface area is 280 Å². The molecule has 4 aromatic rings. The second-order valence-electron chi connectivity index (χ2n) is 13.9. The van der Waals surface area contributed by atoms with Gasteiger partial charge in [0, 0.05) is 42.8 Å². The molecule has 3 saturated heterocycles. The number of likely N-dealkylation sites (tertiary alicyclic amines) is 1. The minimum atomic E-state index is -0.282. The molecular weight excluding hydrogens is 604 g/mol. The first-order chi connectivity index (χ1) is 23.5. The summed E-state index contributed by atoms with van der Waals surface area (Å²) in [5.74, 6) is 0.802. The van der Waals surface area contributed by atoms with Gasteiger partial charge in [-0.2, -0.15) is 5.26 Å². The summed E-state index contributed by atoms with van der Waals surface area (Å²) in [4.78, 5) is 32.8. The Balaban J connectivity index is 1.05. The minimum absolute atomic E-state index is 0.215. The Bertz CT molecular complexity index is 1880. The maximum atomic E-state index is 13.8. The summed E-state index contributed by atoms with van der Waals surface area (Å²) >= 11 is 0. The fourth-order valence-electron chi connectivity index (χ4n) is 7.90. The number of imidazole rings is 1. The molecule has 0 atom stereocenters. The molecule has 48 heavy (non-hydrogen) atoms. The van der Waals surface area contributed by atoms with Gasteiger partial charge in [-0.1, -0.05) is 0 Å². The first-order valence-corrected chi connectivity index (χ1v) is 17.4. The number of ether oxygens (including phenoxy) is 2. The van der Waals surface area contributed by atoms with Gasteiger partial charge >= 0.3 is 0 Å². The molecule has 7 heterocycles. The number of nitrogens with zero attached hydrogens (tertiary/aromatic N) is 7. The number of rotatable bonds is 2. The zero-order valence-corrected chi connectivity index (χ0v) is 27.6. The highest BCUT2D eigenvalue weighted by atomic mass is 16.5. The molecule has 248 valence electrons. The number of carbonyl (C=O) groups excluding carboxylic acids is 1. The van der Waals surface area contributed by atoms with Crippen LogP contribution in [0.2, 0.25) is 0 Å². The maximum Gasteiger partial charge on any atom is 0.258 e. The summed E-state index contributed by atoms with van der Waals surface area (Å²) < 4.78 is 13.8. The number of anilines is 2. The number of amides is 1. The Kier molecular flexibility index (Phi) is 8.22. The normalized spacial score (nSPS) is 20.4. The Morgan fingerprint density at radius 2 is 1.77 bits per heavy atom. The number of carbonyl (C=O) groups is 1. The highest BCUT2D eigenvalue weighted by molar-refractivity contribution is 6.05. The van der Waals surface area contributed by atoms with E-state index in [1.54, 1.807) is 24.4 Å². The monoisotopic (exact) mass is 646 g/mol. The lowest BCUT2D eigenvalue weighted by Crippen LogP contribution is -2.54. The lowest BCUT2D eigenvalue weighted by atomic mass is 9.71. The average Bonchev–Trinajstić information content (AvgIpc) is 3.41. The van der Waals surface area contributed by atoms with Gasteiger partial charge in [0.15, 0.2) is 5.69 Å². The number of fused-ring (bicyclic) bond motifs is 7. The summed E-state index contributed by atoms with van der Waals surface area (Å²) in [5.41, 5.74) is 5.86. The van der Waals surface area contributed by atoms with E-state index in [0.717, 1.165) is 63.1 Å². The fourth-order valence-corrected chi connectivity index (χ4v) is 7.90. The van der Waals surface area contributed by atoms with Gasteiger partial charge in [-0.15, -0.1) is 0 Å². The van der Waals surface area contributed by atoms with E-state index in [1.165, 1.54) is 44.5 Å². The molecule has 0 radical (unpaired) electrons. The van der Waals surface area contributed by atoms with Crippen molar-refractivity contribution < 1.29 is 14.3 Å². The third-order valence-electron chi connectivity index (χ3n) is 10.9. The van der Waals surface area contributed by atoms with Crippen molar-refractivity contribution in [3.05, 3.63) is 59.5 Å². The molecule has 8 rings (SSSR count). The number of hydrogen-bond donors (Lipinski definition) is 1. The number of aryl methyl sites for hydroxylation is 2. The summed E-state index contributed by atoms with van der Waals surface area (Å²) in [5, 5.41) is 12.9. The van der Waals surface area contributed by atoms with E-state index in [2.05, 4.69) is 53.9 Å². The fraction of sp³-hybridized carbons (Fsp3) is 0.486. The first kappa shape index (κ1) is 30.8. The van der Waals surface area contributed by atoms with Crippen molar-refractivity contribution in [2.45, 2.75) is 64.5 Å². The van der Waals surface area contributed by atoms with Crippen molar-refractivity contribution >= 4 is 28.6 Å². The summed E-state index contributed by atoms with van der Waals surface area (Å²) in [6.45, 7) is 9.39. The van der Waals surface area contributed by atoms with E-state index < -0.39 is 0 Å². The van der Waals surface area contributed by atoms with E-state index >= 15 is 0 Å². The first-order valence-electron chi connectivity index (χ1n) is 17.4. The summed E-state index contributed by atoms with van der Waals surface area (Å²) in [6.07, 6.45) is 9.29. The third-order valence-corrected chi connectivity index (χ3v) is 10.9. The minimum Gasteiger partial charge on any atom is -0.493 e. The van der Waals surface area contributed by atoms with Crippen LogP contribution in [0.15, 0.2) is 42.6 Å². The molecule has 4 aliphatic heterocycles. The largest absolute Gasteiger partial charge is 0.493 e. The molecule has 1 N–H and O–H groups in total. The summed E-state index contributed by atoms with van der Waals surface area (Å²) in [7, 11) is 0. The lowest BCUT2D eigenvalue weighted by molar-refractivity contribution is -0.0834. The summed E-state index contributed by atoms with van der Waals surface area (Å²) in [6, 6.07) is 14.5. The van der Waals surface area contributed by atoms with Crippen molar-refractivity contribution in [3.8, 4) is 23.1 Å². The molecule has 4 aliphatic rings. The third kappa shape index (κ3) is 5.88. The van der Waals surface area contributed by atoms with Crippen LogP contribution in [0, 0.1) is 23.7 Å². The smallest absolute Gasteiger partial charge is 0.258 e. The van der Waals surface area contributed by atoms with Crippen LogP contribution in [0.3, 0.4) is 0 Å². The number of hydrogen-bond acceptors (Lipinski definition) is 9. The van der Waals surface area contributed by atoms with Crippen LogP contribution in [0.25, 0.3) is 22.3 Å². The van der Waals surface area contributed by atoms with Gasteiger partial charge in [0.1, 0.15) is 11.8 Å². The second-order valence-corrected chi connectivity index (χ2v) is 13.9. The van der Waals surface area contributed by atoms with Crippen LogP contribution in [0.1, 0.15) is 66.7 Å². The second kappa shape index (κ2) is 12.8. The van der Waals surface area contributed by atoms with Gasteiger partial charge in [-0.25, -0.2) is 9.97 Å². The predicted octanol–water partition coefficient (Wildman–Crippen LogP) is 5.57. The zero-order valence-electron chi connectivity index (χ0n) is 27.6. The van der Waals surface area contributed by atoms with Crippen LogP contribution in [0.4, 0.5) is 11.6 Å². The van der Waals surface area contributed by atoms with Crippen molar-refractivity contribution in [2.75, 3.05) is 56.2 Å². The SMILES string of the molecule is Cc1cc2cc(n1)-c1c(ccnc1C#N)OCCCCCn1c(nc3ccc(N4CCC5(CC4)CCN(C4COC4)CC5)cc31)NC2=O. The highest BCUT2D eigenvalue weighted by Crippen LogP contribution is 2.43. The Morgan fingerprint density at radius 1 is 0.958 bits per heavy atom.